The molecular weight excluding hydrogens is 232 g/mol. The summed E-state index contributed by atoms with van der Waals surface area (Å²) in [6, 6.07) is 8.29. The van der Waals surface area contributed by atoms with E-state index in [4.69, 9.17) is 10.7 Å². The second-order valence-electron chi connectivity index (χ2n) is 4.07. The van der Waals surface area contributed by atoms with Crippen LogP contribution < -0.4 is 0 Å². The largest absolute Gasteiger partial charge is 0.232 e. The number of hydrogen-bond acceptors (Lipinski definition) is 2. The summed E-state index contributed by atoms with van der Waals surface area (Å²) in [5.41, 5.74) is 2.71. The van der Waals surface area contributed by atoms with Gasteiger partial charge in [0.1, 0.15) is 0 Å². The number of halogens is 1. The molecule has 15 heavy (non-hydrogen) atoms. The van der Waals surface area contributed by atoms with Crippen molar-refractivity contribution in [3.63, 3.8) is 0 Å². The Morgan fingerprint density at radius 1 is 1.20 bits per heavy atom. The van der Waals surface area contributed by atoms with Crippen LogP contribution in [0.2, 0.25) is 0 Å². The molecule has 0 fully saturated rings. The average Bonchev–Trinajstić information content (AvgIpc) is 2.56. The lowest BCUT2D eigenvalue weighted by Crippen LogP contribution is -2.06. The molecule has 0 saturated heterocycles. The predicted molar refractivity (Wildman–Crippen MR) is 61.6 cm³/mol. The molecule has 0 heterocycles. The molecule has 1 aromatic carbocycles. The summed E-state index contributed by atoms with van der Waals surface area (Å²) in [5.74, 6) is 0.531. The molecule has 1 aliphatic rings. The number of hydrogen-bond donors (Lipinski definition) is 0. The Morgan fingerprint density at radius 2 is 1.73 bits per heavy atom. The van der Waals surface area contributed by atoms with Crippen molar-refractivity contribution in [2.24, 2.45) is 5.92 Å². The molecule has 0 spiro atoms. The van der Waals surface area contributed by atoms with Gasteiger partial charge in [-0.15, -0.1) is 0 Å². The van der Waals surface area contributed by atoms with Crippen LogP contribution in [0.25, 0.3) is 0 Å². The molecule has 1 aromatic rings. The SMILES string of the molecule is O=S(=O)(Cl)CCC1Cc2ccccc2C1. The van der Waals surface area contributed by atoms with Gasteiger partial charge < -0.3 is 0 Å². The second kappa shape index (κ2) is 4.14. The summed E-state index contributed by atoms with van der Waals surface area (Å²) < 4.78 is 21.7. The van der Waals surface area contributed by atoms with Crippen molar-refractivity contribution < 1.29 is 8.42 Å². The van der Waals surface area contributed by atoms with Crippen molar-refractivity contribution in [2.45, 2.75) is 19.3 Å². The summed E-state index contributed by atoms with van der Waals surface area (Å²) in [5, 5.41) is 0. The Kier molecular flexibility index (Phi) is 3.03. The Bertz CT molecular complexity index is 428. The highest BCUT2D eigenvalue weighted by molar-refractivity contribution is 8.13. The van der Waals surface area contributed by atoms with Crippen LogP contribution in [-0.2, 0) is 21.9 Å². The zero-order valence-corrected chi connectivity index (χ0v) is 9.89. The van der Waals surface area contributed by atoms with Crippen molar-refractivity contribution in [1.29, 1.82) is 0 Å². The average molecular weight is 245 g/mol. The lowest BCUT2D eigenvalue weighted by atomic mass is 10.0. The van der Waals surface area contributed by atoms with Gasteiger partial charge in [-0.25, -0.2) is 8.42 Å². The third-order valence-corrected chi connectivity index (χ3v) is 4.09. The minimum atomic E-state index is -3.33. The number of rotatable bonds is 3. The maximum absolute atomic E-state index is 10.8. The van der Waals surface area contributed by atoms with Gasteiger partial charge in [0.2, 0.25) is 9.05 Å². The lowest BCUT2D eigenvalue weighted by molar-refractivity contribution is 0.534. The molecule has 0 N–H and O–H groups in total. The molecule has 0 aromatic heterocycles. The van der Waals surface area contributed by atoms with Crippen LogP contribution in [0.4, 0.5) is 0 Å². The van der Waals surface area contributed by atoms with E-state index in [1.165, 1.54) is 11.1 Å². The van der Waals surface area contributed by atoms with Crippen molar-refractivity contribution in [2.75, 3.05) is 5.75 Å². The van der Waals surface area contributed by atoms with Gasteiger partial charge in [0.25, 0.3) is 0 Å². The van der Waals surface area contributed by atoms with Crippen molar-refractivity contribution in [1.82, 2.24) is 0 Å². The van der Waals surface area contributed by atoms with Gasteiger partial charge in [-0.3, -0.25) is 0 Å². The van der Waals surface area contributed by atoms with Crippen LogP contribution in [-0.4, -0.2) is 14.2 Å². The van der Waals surface area contributed by atoms with Crippen LogP contribution in [0, 0.1) is 5.92 Å². The molecule has 1 aliphatic carbocycles. The van der Waals surface area contributed by atoms with Gasteiger partial charge >= 0.3 is 0 Å². The summed E-state index contributed by atoms with van der Waals surface area (Å²) in [6.45, 7) is 0. The molecule has 2 rings (SSSR count). The van der Waals surface area contributed by atoms with Crippen LogP contribution in [0.15, 0.2) is 24.3 Å². The Hall–Kier alpha value is -0.540. The molecule has 0 saturated carbocycles. The molecule has 82 valence electrons. The minimum absolute atomic E-state index is 0.0905. The molecule has 0 unspecified atom stereocenters. The fourth-order valence-corrected chi connectivity index (χ4v) is 3.04. The van der Waals surface area contributed by atoms with Gasteiger partial charge in [0.15, 0.2) is 0 Å². The van der Waals surface area contributed by atoms with Gasteiger partial charge in [-0.2, -0.15) is 0 Å². The van der Waals surface area contributed by atoms with E-state index in [-0.39, 0.29) is 5.75 Å². The minimum Gasteiger partial charge on any atom is -0.212 e. The predicted octanol–water partition coefficient (Wildman–Crippen LogP) is 2.36. The molecule has 0 amide bonds. The fraction of sp³-hybridized carbons (Fsp3) is 0.455. The molecule has 4 heteroatoms. The Morgan fingerprint density at radius 3 is 2.20 bits per heavy atom. The highest BCUT2D eigenvalue weighted by atomic mass is 35.7. The molecule has 0 bridgehead atoms. The van der Waals surface area contributed by atoms with E-state index in [1.54, 1.807) is 0 Å². The summed E-state index contributed by atoms with van der Waals surface area (Å²) in [7, 11) is 1.87. The maximum atomic E-state index is 10.8. The van der Waals surface area contributed by atoms with Crippen LogP contribution in [0.3, 0.4) is 0 Å². The first-order valence-electron chi connectivity index (χ1n) is 5.04. The summed E-state index contributed by atoms with van der Waals surface area (Å²) >= 11 is 0. The zero-order valence-electron chi connectivity index (χ0n) is 8.32. The van der Waals surface area contributed by atoms with E-state index >= 15 is 0 Å². The van der Waals surface area contributed by atoms with Crippen LogP contribution >= 0.6 is 10.7 Å². The fourth-order valence-electron chi connectivity index (χ4n) is 2.16. The van der Waals surface area contributed by atoms with Crippen LogP contribution in [0.1, 0.15) is 17.5 Å². The smallest absolute Gasteiger partial charge is 0.212 e. The molecule has 0 aliphatic heterocycles. The van der Waals surface area contributed by atoms with Gasteiger partial charge in [0, 0.05) is 10.7 Å². The maximum Gasteiger partial charge on any atom is 0.232 e. The van der Waals surface area contributed by atoms with E-state index in [0.29, 0.717) is 12.3 Å². The van der Waals surface area contributed by atoms with E-state index in [0.717, 1.165) is 12.8 Å². The van der Waals surface area contributed by atoms with Crippen molar-refractivity contribution in [3.05, 3.63) is 35.4 Å². The Labute approximate surface area is 94.7 Å². The topological polar surface area (TPSA) is 34.1 Å². The zero-order chi connectivity index (χ0) is 10.9. The van der Waals surface area contributed by atoms with Gasteiger partial charge in [-0.05, 0) is 36.3 Å². The quantitative estimate of drug-likeness (QED) is 0.765. The van der Waals surface area contributed by atoms with E-state index in [9.17, 15) is 8.42 Å². The van der Waals surface area contributed by atoms with Crippen molar-refractivity contribution >= 4 is 19.7 Å². The monoisotopic (exact) mass is 244 g/mol. The van der Waals surface area contributed by atoms with Gasteiger partial charge in [0.05, 0.1) is 5.75 Å². The van der Waals surface area contributed by atoms with E-state index in [1.807, 2.05) is 12.1 Å². The van der Waals surface area contributed by atoms with E-state index < -0.39 is 9.05 Å². The first-order chi connectivity index (χ1) is 7.04. The highest BCUT2D eigenvalue weighted by Gasteiger charge is 2.22. The van der Waals surface area contributed by atoms with Crippen LogP contribution in [0.5, 0.6) is 0 Å². The first kappa shape index (κ1) is 11.0. The molecule has 0 radical (unpaired) electrons. The highest BCUT2D eigenvalue weighted by Crippen LogP contribution is 2.28. The Balaban J connectivity index is 1.96. The number of benzene rings is 1. The molecule has 0 atom stereocenters. The summed E-state index contributed by atoms with van der Waals surface area (Å²) in [6.07, 6.45) is 2.64. The van der Waals surface area contributed by atoms with E-state index in [2.05, 4.69) is 12.1 Å². The number of fused-ring (bicyclic) bond motifs is 1. The molecule has 2 nitrogen and oxygen atoms in total. The second-order valence-corrected chi connectivity index (χ2v) is 6.97. The van der Waals surface area contributed by atoms with Gasteiger partial charge in [-0.1, -0.05) is 24.3 Å². The lowest BCUT2D eigenvalue weighted by Gasteiger charge is -2.05. The summed E-state index contributed by atoms with van der Waals surface area (Å²) in [4.78, 5) is 0. The third kappa shape index (κ3) is 2.95. The van der Waals surface area contributed by atoms with Crippen molar-refractivity contribution in [3.8, 4) is 0 Å². The first-order valence-corrected chi connectivity index (χ1v) is 7.51. The third-order valence-electron chi connectivity index (χ3n) is 2.91. The standard InChI is InChI=1S/C11H13ClO2S/c12-15(13,14)6-5-9-7-10-3-1-2-4-11(10)8-9/h1-4,9H,5-8H2. The normalized spacial score (nSPS) is 16.6. The molecular formula is C11H13ClO2S.